The smallest absolute Gasteiger partial charge is 0.00954 e. The average Bonchev–Trinajstić information content (AvgIpc) is 2.59. The first-order valence-electron chi connectivity index (χ1n) is 10.2. The third-order valence-electron chi connectivity index (χ3n) is 6.15. The van der Waals surface area contributed by atoms with Gasteiger partial charge in [-0.05, 0) is 60.5 Å². The molecule has 4 atom stereocenters. The van der Waals surface area contributed by atoms with Crippen LogP contribution in [0.25, 0.3) is 0 Å². The number of hydrogen-bond donors (Lipinski definition) is 1. The fraction of sp³-hybridized carbons (Fsp3) is 0.739. The van der Waals surface area contributed by atoms with Gasteiger partial charge in [0.25, 0.3) is 0 Å². The lowest BCUT2D eigenvalue weighted by Crippen LogP contribution is -2.47. The van der Waals surface area contributed by atoms with Crippen LogP contribution in [0.1, 0.15) is 96.6 Å². The van der Waals surface area contributed by atoms with Crippen molar-refractivity contribution in [2.75, 3.05) is 0 Å². The van der Waals surface area contributed by atoms with E-state index in [2.05, 4.69) is 71.1 Å². The summed E-state index contributed by atoms with van der Waals surface area (Å²) in [6, 6.07) is 10.7. The number of piperidine rings is 1. The number of rotatable bonds is 7. The van der Waals surface area contributed by atoms with Crippen LogP contribution in [0.3, 0.4) is 0 Å². The highest BCUT2D eigenvalue weighted by Crippen LogP contribution is 2.29. The van der Waals surface area contributed by atoms with Gasteiger partial charge < -0.3 is 5.32 Å². The van der Waals surface area contributed by atoms with Crippen molar-refractivity contribution in [3.8, 4) is 0 Å². The van der Waals surface area contributed by atoms with Crippen molar-refractivity contribution < 1.29 is 0 Å². The van der Waals surface area contributed by atoms with Crippen molar-refractivity contribution in [2.24, 2.45) is 11.8 Å². The predicted molar refractivity (Wildman–Crippen MR) is 107 cm³/mol. The van der Waals surface area contributed by atoms with E-state index in [1.807, 2.05) is 0 Å². The molecule has 0 spiro atoms. The third kappa shape index (κ3) is 5.34. The second kappa shape index (κ2) is 9.04. The molecule has 1 fully saturated rings. The molecule has 0 amide bonds. The third-order valence-corrected chi connectivity index (χ3v) is 6.15. The molecule has 1 nitrogen and oxygen atoms in total. The molecule has 2 rings (SSSR count). The summed E-state index contributed by atoms with van der Waals surface area (Å²) in [5.41, 5.74) is 2.99. The zero-order chi connectivity index (χ0) is 17.7. The molecule has 1 N–H and O–H groups in total. The normalized spacial score (nSPS) is 24.3. The minimum atomic E-state index is 0.621. The van der Waals surface area contributed by atoms with Crippen molar-refractivity contribution >= 4 is 0 Å². The van der Waals surface area contributed by atoms with Crippen molar-refractivity contribution in [2.45, 2.75) is 97.6 Å². The quantitative estimate of drug-likeness (QED) is 0.602. The van der Waals surface area contributed by atoms with Gasteiger partial charge in [0.1, 0.15) is 0 Å². The zero-order valence-electron chi connectivity index (χ0n) is 16.8. The van der Waals surface area contributed by atoms with E-state index in [9.17, 15) is 0 Å². The molecule has 1 aromatic rings. The van der Waals surface area contributed by atoms with Crippen LogP contribution in [-0.4, -0.2) is 12.1 Å². The highest BCUT2D eigenvalue weighted by molar-refractivity contribution is 5.28. The van der Waals surface area contributed by atoms with Crippen LogP contribution in [0.15, 0.2) is 24.3 Å². The lowest BCUT2D eigenvalue weighted by atomic mass is 9.83. The molecular weight excluding hydrogens is 290 g/mol. The predicted octanol–water partition coefficient (Wildman–Crippen LogP) is 6.50. The fourth-order valence-electron chi connectivity index (χ4n) is 4.08. The summed E-state index contributed by atoms with van der Waals surface area (Å²) in [5.74, 6) is 2.83. The second-order valence-electron chi connectivity index (χ2n) is 8.84. The van der Waals surface area contributed by atoms with Gasteiger partial charge in [-0.3, -0.25) is 0 Å². The molecule has 1 aromatic carbocycles. The first-order chi connectivity index (χ1) is 11.4. The largest absolute Gasteiger partial charge is 0.311 e. The Kier molecular flexibility index (Phi) is 7.34. The molecule has 0 saturated carbocycles. The van der Waals surface area contributed by atoms with E-state index in [-0.39, 0.29) is 0 Å². The molecule has 1 heteroatoms. The molecule has 24 heavy (non-hydrogen) atoms. The maximum absolute atomic E-state index is 3.94. The number of benzene rings is 1. The summed E-state index contributed by atoms with van der Waals surface area (Å²) in [6.07, 6.45) is 6.75. The van der Waals surface area contributed by atoms with Gasteiger partial charge in [0.15, 0.2) is 0 Å². The molecule has 1 saturated heterocycles. The van der Waals surface area contributed by atoms with Gasteiger partial charge >= 0.3 is 0 Å². The van der Waals surface area contributed by atoms with Crippen LogP contribution in [-0.2, 0) is 0 Å². The van der Waals surface area contributed by atoms with Crippen LogP contribution < -0.4 is 5.32 Å². The summed E-state index contributed by atoms with van der Waals surface area (Å²) >= 11 is 0. The highest BCUT2D eigenvalue weighted by atomic mass is 15.0. The Bertz CT molecular complexity index is 491. The molecule has 4 unspecified atom stereocenters. The summed E-state index contributed by atoms with van der Waals surface area (Å²) < 4.78 is 0. The summed E-state index contributed by atoms with van der Waals surface area (Å²) in [5, 5.41) is 3.94. The summed E-state index contributed by atoms with van der Waals surface area (Å²) in [7, 11) is 0. The van der Waals surface area contributed by atoms with E-state index in [1.165, 1.54) is 43.2 Å². The highest BCUT2D eigenvalue weighted by Gasteiger charge is 2.26. The Hall–Kier alpha value is -0.820. The summed E-state index contributed by atoms with van der Waals surface area (Å²) in [6.45, 7) is 14.1. The van der Waals surface area contributed by atoms with Crippen LogP contribution in [0, 0.1) is 11.8 Å². The summed E-state index contributed by atoms with van der Waals surface area (Å²) in [4.78, 5) is 0. The fourth-order valence-corrected chi connectivity index (χ4v) is 4.08. The topological polar surface area (TPSA) is 12.0 Å². The van der Waals surface area contributed by atoms with Crippen molar-refractivity contribution in [1.29, 1.82) is 0 Å². The Morgan fingerprint density at radius 2 is 1.58 bits per heavy atom. The molecule has 0 radical (unpaired) electrons. The number of nitrogens with one attached hydrogen (secondary N) is 1. The number of hydrogen-bond acceptors (Lipinski definition) is 1. The van der Waals surface area contributed by atoms with Crippen molar-refractivity contribution in [3.63, 3.8) is 0 Å². The SMILES string of the molecule is CC(C)c1cccc(C(C)CCC(C)C2CCCC(C(C)C)N2)c1. The van der Waals surface area contributed by atoms with Gasteiger partial charge in [-0.15, -0.1) is 0 Å². The van der Waals surface area contributed by atoms with E-state index in [0.29, 0.717) is 11.8 Å². The van der Waals surface area contributed by atoms with Crippen LogP contribution >= 0.6 is 0 Å². The molecule has 136 valence electrons. The first-order valence-corrected chi connectivity index (χ1v) is 10.2. The van der Waals surface area contributed by atoms with E-state index >= 15 is 0 Å². The van der Waals surface area contributed by atoms with Crippen molar-refractivity contribution in [1.82, 2.24) is 5.32 Å². The lowest BCUT2D eigenvalue weighted by Gasteiger charge is -2.37. The maximum atomic E-state index is 3.94. The lowest BCUT2D eigenvalue weighted by molar-refractivity contribution is 0.214. The van der Waals surface area contributed by atoms with Crippen LogP contribution in [0.5, 0.6) is 0 Å². The minimum absolute atomic E-state index is 0.621. The first kappa shape index (κ1) is 19.5. The Balaban J connectivity index is 1.86. The average molecular weight is 330 g/mol. The van der Waals surface area contributed by atoms with Crippen LogP contribution in [0.4, 0.5) is 0 Å². The molecule has 0 aromatic heterocycles. The van der Waals surface area contributed by atoms with E-state index < -0.39 is 0 Å². The van der Waals surface area contributed by atoms with Gasteiger partial charge in [0, 0.05) is 12.1 Å². The second-order valence-corrected chi connectivity index (χ2v) is 8.84. The van der Waals surface area contributed by atoms with Gasteiger partial charge in [-0.1, -0.05) is 72.2 Å². The van der Waals surface area contributed by atoms with Crippen molar-refractivity contribution in [3.05, 3.63) is 35.4 Å². The molecule has 0 aliphatic carbocycles. The van der Waals surface area contributed by atoms with Gasteiger partial charge in [-0.25, -0.2) is 0 Å². The Labute approximate surface area is 150 Å². The monoisotopic (exact) mass is 329 g/mol. The van der Waals surface area contributed by atoms with Gasteiger partial charge in [-0.2, -0.15) is 0 Å². The Morgan fingerprint density at radius 1 is 0.917 bits per heavy atom. The van der Waals surface area contributed by atoms with Gasteiger partial charge in [0.05, 0.1) is 0 Å². The molecule has 1 aliphatic rings. The molecule has 0 bridgehead atoms. The van der Waals surface area contributed by atoms with E-state index in [0.717, 1.165) is 23.9 Å². The standard InChI is InChI=1S/C23H39N/c1-16(2)20-9-7-10-21(15-20)18(5)13-14-19(6)23-12-8-11-22(24-23)17(3)4/h7,9-10,15-19,22-24H,8,11-14H2,1-6H3. The maximum Gasteiger partial charge on any atom is 0.00954 e. The molecule has 1 aliphatic heterocycles. The zero-order valence-corrected chi connectivity index (χ0v) is 16.8. The van der Waals surface area contributed by atoms with E-state index in [1.54, 1.807) is 0 Å². The van der Waals surface area contributed by atoms with Crippen LogP contribution in [0.2, 0.25) is 0 Å². The van der Waals surface area contributed by atoms with E-state index in [4.69, 9.17) is 0 Å². The Morgan fingerprint density at radius 3 is 2.25 bits per heavy atom. The van der Waals surface area contributed by atoms with Gasteiger partial charge in [0.2, 0.25) is 0 Å². The molecule has 1 heterocycles. The molecular formula is C23H39N. The minimum Gasteiger partial charge on any atom is -0.311 e.